The van der Waals surface area contributed by atoms with E-state index in [0.29, 0.717) is 22.6 Å². The number of phenolic OH excluding ortho intramolecular Hbond substituents is 1. The van der Waals surface area contributed by atoms with Gasteiger partial charge in [0.2, 0.25) is 0 Å². The van der Waals surface area contributed by atoms with Crippen LogP contribution in [0.4, 0.5) is 0 Å². The molecule has 0 aliphatic carbocycles. The minimum Gasteiger partial charge on any atom is -0.506 e. The van der Waals surface area contributed by atoms with Gasteiger partial charge in [0, 0.05) is 35.6 Å². The molecule has 1 aromatic heterocycles. The van der Waals surface area contributed by atoms with Gasteiger partial charge in [0.1, 0.15) is 5.75 Å². The number of phenols is 1. The third-order valence-electron chi connectivity index (χ3n) is 4.16. The second-order valence-electron chi connectivity index (χ2n) is 5.66. The first kappa shape index (κ1) is 15.6. The van der Waals surface area contributed by atoms with Crippen LogP contribution in [0.2, 0.25) is 10.0 Å². The third-order valence-corrected chi connectivity index (χ3v) is 4.67. The summed E-state index contributed by atoms with van der Waals surface area (Å²) >= 11 is 12.1. The van der Waals surface area contributed by atoms with Crippen LogP contribution in [-0.2, 0) is 6.54 Å². The van der Waals surface area contributed by atoms with Crippen LogP contribution in [0.3, 0.4) is 0 Å². The number of hydrogen-bond donors (Lipinski definition) is 1. The quantitative estimate of drug-likeness (QED) is 0.872. The molecule has 3 rings (SSSR count). The molecule has 22 heavy (non-hydrogen) atoms. The van der Waals surface area contributed by atoms with Crippen molar-refractivity contribution < 1.29 is 5.11 Å². The van der Waals surface area contributed by atoms with Crippen molar-refractivity contribution in [3.63, 3.8) is 0 Å². The third kappa shape index (κ3) is 3.37. The SMILES string of the molecule is Oc1c(Cl)cc(Cl)cc1CN1CCCC[C@@H]1c1cccnc1. The lowest BCUT2D eigenvalue weighted by Gasteiger charge is -2.36. The van der Waals surface area contributed by atoms with E-state index < -0.39 is 0 Å². The Labute approximate surface area is 140 Å². The zero-order chi connectivity index (χ0) is 15.5. The Morgan fingerprint density at radius 1 is 1.27 bits per heavy atom. The lowest BCUT2D eigenvalue weighted by atomic mass is 9.95. The Morgan fingerprint density at radius 3 is 2.91 bits per heavy atom. The molecule has 5 heteroatoms. The molecule has 1 N–H and O–H groups in total. The van der Waals surface area contributed by atoms with Crippen molar-refractivity contribution in [2.24, 2.45) is 0 Å². The predicted molar refractivity (Wildman–Crippen MR) is 89.4 cm³/mol. The van der Waals surface area contributed by atoms with Crippen LogP contribution >= 0.6 is 23.2 Å². The summed E-state index contributed by atoms with van der Waals surface area (Å²) in [6, 6.07) is 7.75. The fourth-order valence-corrected chi connectivity index (χ4v) is 3.62. The van der Waals surface area contributed by atoms with Crippen molar-refractivity contribution >= 4 is 23.2 Å². The van der Waals surface area contributed by atoms with Crippen molar-refractivity contribution in [1.29, 1.82) is 0 Å². The summed E-state index contributed by atoms with van der Waals surface area (Å²) < 4.78 is 0. The molecule has 0 spiro atoms. The van der Waals surface area contributed by atoms with Crippen LogP contribution in [0, 0.1) is 0 Å². The van der Waals surface area contributed by atoms with Crippen LogP contribution in [0.15, 0.2) is 36.7 Å². The number of aromatic hydroxyl groups is 1. The van der Waals surface area contributed by atoms with Crippen molar-refractivity contribution in [3.05, 3.63) is 57.8 Å². The van der Waals surface area contributed by atoms with Gasteiger partial charge in [-0.3, -0.25) is 9.88 Å². The van der Waals surface area contributed by atoms with E-state index in [-0.39, 0.29) is 5.75 Å². The fourth-order valence-electron chi connectivity index (χ4n) is 3.09. The Hall–Kier alpha value is -1.29. The van der Waals surface area contributed by atoms with Crippen LogP contribution in [0.25, 0.3) is 0 Å². The molecule has 2 heterocycles. The summed E-state index contributed by atoms with van der Waals surface area (Å²) in [5.41, 5.74) is 1.99. The summed E-state index contributed by atoms with van der Waals surface area (Å²) in [5.74, 6) is 0.126. The molecule has 2 aromatic rings. The van der Waals surface area contributed by atoms with E-state index >= 15 is 0 Å². The molecule has 1 aromatic carbocycles. The lowest BCUT2D eigenvalue weighted by molar-refractivity contribution is 0.139. The van der Waals surface area contributed by atoms with E-state index in [4.69, 9.17) is 23.2 Å². The summed E-state index contributed by atoms with van der Waals surface area (Å²) in [6.07, 6.45) is 7.18. The van der Waals surface area contributed by atoms with Crippen molar-refractivity contribution in [3.8, 4) is 5.75 Å². The zero-order valence-corrected chi connectivity index (χ0v) is 13.7. The largest absolute Gasteiger partial charge is 0.506 e. The van der Waals surface area contributed by atoms with Crippen molar-refractivity contribution in [2.45, 2.75) is 31.8 Å². The molecular formula is C17H18Cl2N2O. The normalized spacial score (nSPS) is 19.3. The van der Waals surface area contributed by atoms with E-state index in [0.717, 1.165) is 24.9 Å². The molecule has 0 bridgehead atoms. The number of piperidine rings is 1. The number of halogens is 2. The maximum Gasteiger partial charge on any atom is 0.138 e. The summed E-state index contributed by atoms with van der Waals surface area (Å²) in [5, 5.41) is 11.0. The summed E-state index contributed by atoms with van der Waals surface area (Å²) in [4.78, 5) is 6.59. The minimum absolute atomic E-state index is 0.126. The second kappa shape index (κ2) is 6.86. The fraction of sp³-hybridized carbons (Fsp3) is 0.353. The van der Waals surface area contributed by atoms with Crippen LogP contribution in [-0.4, -0.2) is 21.5 Å². The standard InChI is InChI=1S/C17H18Cl2N2O/c18-14-8-13(17(22)15(19)9-14)11-21-7-2-1-5-16(21)12-4-3-6-20-10-12/h3-4,6,8-10,16,22H,1-2,5,7,11H2/t16-/m1/s1. The van der Waals surface area contributed by atoms with Gasteiger partial charge in [-0.2, -0.15) is 0 Å². The highest BCUT2D eigenvalue weighted by Crippen LogP contribution is 2.36. The maximum absolute atomic E-state index is 10.2. The number of aromatic nitrogens is 1. The van der Waals surface area contributed by atoms with Gasteiger partial charge >= 0.3 is 0 Å². The first-order valence-electron chi connectivity index (χ1n) is 7.46. The second-order valence-corrected chi connectivity index (χ2v) is 6.51. The summed E-state index contributed by atoms with van der Waals surface area (Å²) in [7, 11) is 0. The lowest BCUT2D eigenvalue weighted by Crippen LogP contribution is -2.33. The Morgan fingerprint density at radius 2 is 2.14 bits per heavy atom. The molecule has 1 aliphatic heterocycles. The van der Waals surface area contributed by atoms with Gasteiger partial charge in [0.05, 0.1) is 5.02 Å². The topological polar surface area (TPSA) is 36.4 Å². The minimum atomic E-state index is 0.126. The zero-order valence-electron chi connectivity index (χ0n) is 12.2. The molecule has 116 valence electrons. The molecule has 1 fully saturated rings. The molecule has 0 radical (unpaired) electrons. The summed E-state index contributed by atoms with van der Waals surface area (Å²) in [6.45, 7) is 1.62. The Balaban J connectivity index is 1.86. The Kier molecular flexibility index (Phi) is 4.87. The van der Waals surface area contributed by atoms with Crippen LogP contribution in [0.1, 0.15) is 36.4 Å². The monoisotopic (exact) mass is 336 g/mol. The van der Waals surface area contributed by atoms with E-state index in [1.165, 1.54) is 12.0 Å². The number of likely N-dealkylation sites (tertiary alicyclic amines) is 1. The van der Waals surface area contributed by atoms with Gasteiger partial charge in [0.15, 0.2) is 0 Å². The number of rotatable bonds is 3. The predicted octanol–water partition coefficient (Wildman–Crippen LogP) is 4.82. The number of pyridine rings is 1. The number of hydrogen-bond acceptors (Lipinski definition) is 3. The smallest absolute Gasteiger partial charge is 0.138 e. The first-order valence-corrected chi connectivity index (χ1v) is 8.21. The van der Waals surface area contributed by atoms with Crippen LogP contribution in [0.5, 0.6) is 5.75 Å². The van der Waals surface area contributed by atoms with Crippen molar-refractivity contribution in [1.82, 2.24) is 9.88 Å². The van der Waals surface area contributed by atoms with E-state index in [2.05, 4.69) is 16.0 Å². The molecule has 0 unspecified atom stereocenters. The molecular weight excluding hydrogens is 319 g/mol. The van der Waals surface area contributed by atoms with Gasteiger partial charge < -0.3 is 5.11 Å². The molecule has 1 saturated heterocycles. The first-order chi connectivity index (χ1) is 10.6. The average molecular weight is 337 g/mol. The highest BCUT2D eigenvalue weighted by atomic mass is 35.5. The average Bonchev–Trinajstić information content (AvgIpc) is 2.53. The highest BCUT2D eigenvalue weighted by molar-refractivity contribution is 6.35. The Bertz CT molecular complexity index is 649. The van der Waals surface area contributed by atoms with E-state index in [1.54, 1.807) is 18.3 Å². The van der Waals surface area contributed by atoms with Gasteiger partial charge in [-0.15, -0.1) is 0 Å². The molecule has 0 amide bonds. The molecule has 1 atom stereocenters. The molecule has 1 aliphatic rings. The van der Waals surface area contributed by atoms with Gasteiger partial charge in [-0.25, -0.2) is 0 Å². The van der Waals surface area contributed by atoms with Crippen LogP contribution < -0.4 is 0 Å². The maximum atomic E-state index is 10.2. The van der Waals surface area contributed by atoms with E-state index in [9.17, 15) is 5.11 Å². The highest BCUT2D eigenvalue weighted by Gasteiger charge is 2.25. The van der Waals surface area contributed by atoms with E-state index in [1.807, 2.05) is 12.3 Å². The van der Waals surface area contributed by atoms with Crippen molar-refractivity contribution in [2.75, 3.05) is 6.54 Å². The van der Waals surface area contributed by atoms with Gasteiger partial charge in [-0.05, 0) is 43.1 Å². The molecule has 0 saturated carbocycles. The number of nitrogens with zero attached hydrogens (tertiary/aromatic N) is 2. The van der Waals surface area contributed by atoms with Gasteiger partial charge in [0.25, 0.3) is 0 Å². The van der Waals surface area contributed by atoms with Gasteiger partial charge in [-0.1, -0.05) is 35.7 Å². The number of benzene rings is 1. The molecule has 3 nitrogen and oxygen atoms in total.